The van der Waals surface area contributed by atoms with Gasteiger partial charge in [0.15, 0.2) is 0 Å². The van der Waals surface area contributed by atoms with Crippen LogP contribution in [-0.2, 0) is 92.7 Å². The molecule has 4 saturated heterocycles. The number of aliphatic hydroxyl groups excluding tert-OH is 5. The summed E-state index contributed by atoms with van der Waals surface area (Å²) in [6, 6.07) is -22.7. The number of imidazole rings is 1. The number of aromatic nitrogens is 2. The van der Waals surface area contributed by atoms with Gasteiger partial charge in [-0.3, -0.25) is 86.3 Å². The van der Waals surface area contributed by atoms with Gasteiger partial charge < -0.3 is 141 Å². The third-order valence-corrected chi connectivity index (χ3v) is 19.5. The van der Waals surface area contributed by atoms with Gasteiger partial charge in [-0.05, 0) is 123 Å². The predicted octanol–water partition coefficient (Wildman–Crippen LogP) is -11.7. The molecule has 46 heteroatoms. The quantitative estimate of drug-likeness (QED) is 0.0270. The van der Waals surface area contributed by atoms with Gasteiger partial charge in [-0.25, -0.2) is 4.98 Å². The van der Waals surface area contributed by atoms with Gasteiger partial charge in [0, 0.05) is 45.2 Å². The zero-order chi connectivity index (χ0) is 84.6. The van der Waals surface area contributed by atoms with Crippen molar-refractivity contribution in [3.63, 3.8) is 0 Å². The van der Waals surface area contributed by atoms with Crippen LogP contribution in [0.1, 0.15) is 129 Å². The lowest BCUT2D eigenvalue weighted by molar-refractivity contribution is -0.149. The maximum Gasteiger partial charge on any atom is 0.322 e. The number of rotatable bonds is 47. The van der Waals surface area contributed by atoms with Crippen molar-refractivity contribution in [3.8, 4) is 0 Å². The molecule has 4 fully saturated rings. The average Bonchev–Trinajstić information content (AvgIpc) is 1.75. The number of nitrogens with one attached hydrogen (secondary N) is 12. The van der Waals surface area contributed by atoms with Crippen LogP contribution in [0.2, 0.25) is 0 Å². The van der Waals surface area contributed by atoms with E-state index in [1.54, 1.807) is 0 Å². The van der Waals surface area contributed by atoms with E-state index in [4.69, 9.17) is 22.3 Å². The molecule has 0 spiro atoms. The zero-order valence-corrected chi connectivity index (χ0v) is 63.3. The summed E-state index contributed by atoms with van der Waals surface area (Å²) in [7, 11) is 0. The first kappa shape index (κ1) is 93.9. The number of carboxylic acids is 3. The zero-order valence-electron chi connectivity index (χ0n) is 63.3. The molecule has 0 saturated carbocycles. The Balaban J connectivity index is 1.26. The number of aliphatic carboxylic acids is 3. The summed E-state index contributed by atoms with van der Waals surface area (Å²) in [5, 5.41) is 107. The van der Waals surface area contributed by atoms with Crippen LogP contribution in [0.15, 0.2) is 12.5 Å². The molecule has 5 heterocycles. The molecule has 16 atom stereocenters. The van der Waals surface area contributed by atoms with E-state index in [1.165, 1.54) is 17.4 Å². The van der Waals surface area contributed by atoms with Gasteiger partial charge in [0.05, 0.1) is 57.0 Å². The summed E-state index contributed by atoms with van der Waals surface area (Å²) in [5.74, 6) is -19.7. The molecule has 1 aromatic rings. The number of carboxylic acid groups (broad SMARTS) is 3. The molecule has 636 valence electrons. The van der Waals surface area contributed by atoms with Crippen LogP contribution >= 0.6 is 0 Å². The Morgan fingerprint density at radius 3 is 1.32 bits per heavy atom. The molecule has 0 unspecified atom stereocenters. The van der Waals surface area contributed by atoms with E-state index in [2.05, 4.69) is 68.5 Å². The predicted molar refractivity (Wildman–Crippen MR) is 390 cm³/mol. The maximum absolute atomic E-state index is 14.4. The van der Waals surface area contributed by atoms with Crippen molar-refractivity contribution in [1.82, 2.24) is 88.1 Å². The highest BCUT2D eigenvalue weighted by Gasteiger charge is 2.47. The van der Waals surface area contributed by atoms with Gasteiger partial charge in [-0.15, -0.1) is 0 Å². The second kappa shape index (κ2) is 46.5. The van der Waals surface area contributed by atoms with Crippen molar-refractivity contribution >= 4 is 107 Å². The number of hydrogen-bond acceptors (Lipinski definition) is 27. The van der Waals surface area contributed by atoms with Crippen LogP contribution in [0.4, 0.5) is 0 Å². The van der Waals surface area contributed by atoms with Crippen molar-refractivity contribution in [3.05, 3.63) is 18.2 Å². The molecule has 0 aliphatic carbocycles. The molecular formula is C68H108N20O26. The first-order chi connectivity index (χ1) is 54.1. The standard InChI is InChI=1S/C68H108N20O26/c1-34(92)53(83-56(102)38(12-4-6-20-70)76-57(103)41(26-51(97)98)78-59(105)42(30-89)80-55(101)37(11-3-5-19-69)77-61(107)46-14-8-22-86(46)65(111)39(17-18-50(95)96)75-49(94)27-71)63(109)79-40(25-36-28-72-33-74-36)58(104)84-54(35(2)93)64(110)82-44(32-91)67(113)88-24-10-16-48(88)68(114)87-23-9-15-47(87)62(108)81-43(31-90)66(112)85-21-7-13-45(85)60(106)73-29-52(99)100/h28,33-35,37-48,53-54,89-93H,3-27,29-32,69-71H2,1-2H3,(H,72,74)(H,73,106)(H,75,94)(H,76,103)(H,77,107)(H,78,105)(H,79,109)(H,80,101)(H,81,108)(H,82,110)(H,83,102)(H,84,104)(H,95,96)(H,97,98)(H,99,100)/t34-,35-,37+,38+,39+,40+,41+,42+,43+,44+,45+,46+,47+,48+,53+,54+/m1/s1. The number of carbonyl (C=O) groups excluding carboxylic acids is 15. The van der Waals surface area contributed by atoms with Crippen LogP contribution in [0.25, 0.3) is 0 Å². The number of carbonyl (C=O) groups is 18. The molecule has 5 rings (SSSR count). The molecule has 0 aromatic carbocycles. The normalized spacial score (nSPS) is 19.7. The molecule has 4 aliphatic heterocycles. The number of nitrogens with two attached hydrogens (primary N) is 3. The monoisotopic (exact) mass is 1620 g/mol. The lowest BCUT2D eigenvalue weighted by Gasteiger charge is -2.33. The van der Waals surface area contributed by atoms with Crippen molar-refractivity contribution in [2.24, 2.45) is 17.2 Å². The van der Waals surface area contributed by atoms with Gasteiger partial charge in [-0.2, -0.15) is 0 Å². The Labute approximate surface area is 653 Å². The topological polar surface area (TPSA) is 721 Å². The highest BCUT2D eigenvalue weighted by molar-refractivity contribution is 6.02. The molecule has 0 bridgehead atoms. The van der Waals surface area contributed by atoms with E-state index < -0.39 is 255 Å². The maximum atomic E-state index is 14.4. The van der Waals surface area contributed by atoms with Crippen molar-refractivity contribution in [2.75, 3.05) is 72.2 Å². The minimum atomic E-state index is -2.09. The van der Waals surface area contributed by atoms with Gasteiger partial charge in [0.1, 0.15) is 91.1 Å². The van der Waals surface area contributed by atoms with Crippen molar-refractivity contribution in [2.45, 2.75) is 226 Å². The number of hydrogen-bond donors (Lipinski definition) is 23. The molecule has 26 N–H and O–H groups in total. The fourth-order valence-electron chi connectivity index (χ4n) is 13.5. The summed E-state index contributed by atoms with van der Waals surface area (Å²) >= 11 is 0. The smallest absolute Gasteiger partial charge is 0.322 e. The fourth-order valence-corrected chi connectivity index (χ4v) is 13.5. The Morgan fingerprint density at radius 2 is 0.851 bits per heavy atom. The number of H-pyrrole nitrogens is 1. The number of amides is 15. The molecular weight excluding hydrogens is 1510 g/mol. The van der Waals surface area contributed by atoms with Gasteiger partial charge >= 0.3 is 17.9 Å². The van der Waals surface area contributed by atoms with E-state index in [0.29, 0.717) is 12.8 Å². The lowest BCUT2D eigenvalue weighted by atomic mass is 10.0. The number of nitrogens with zero attached hydrogens (tertiary/aromatic N) is 5. The van der Waals surface area contributed by atoms with Crippen LogP contribution in [0, 0.1) is 0 Å². The third-order valence-electron chi connectivity index (χ3n) is 19.5. The first-order valence-corrected chi connectivity index (χ1v) is 37.6. The van der Waals surface area contributed by atoms with Gasteiger partial charge in [0.2, 0.25) is 88.6 Å². The van der Waals surface area contributed by atoms with Crippen LogP contribution < -0.4 is 75.7 Å². The molecule has 46 nitrogen and oxygen atoms in total. The Bertz CT molecular complexity index is 3550. The van der Waals surface area contributed by atoms with E-state index in [1.807, 2.05) is 0 Å². The van der Waals surface area contributed by atoms with Gasteiger partial charge in [-0.1, -0.05) is 0 Å². The molecule has 15 amide bonds. The highest BCUT2D eigenvalue weighted by Crippen LogP contribution is 2.27. The van der Waals surface area contributed by atoms with E-state index >= 15 is 0 Å². The summed E-state index contributed by atoms with van der Waals surface area (Å²) < 4.78 is 0. The van der Waals surface area contributed by atoms with Crippen LogP contribution in [0.3, 0.4) is 0 Å². The third kappa shape index (κ3) is 27.6. The fraction of sp³-hybridized carbons (Fsp3) is 0.691. The highest BCUT2D eigenvalue weighted by atomic mass is 16.4. The second-order valence-corrected chi connectivity index (χ2v) is 28.0. The number of unbranched alkanes of at least 4 members (excludes halogenated alkanes) is 2. The van der Waals surface area contributed by atoms with Crippen molar-refractivity contribution in [1.29, 1.82) is 0 Å². The van der Waals surface area contributed by atoms with E-state index in [-0.39, 0.29) is 128 Å². The Morgan fingerprint density at radius 1 is 0.447 bits per heavy atom. The SMILES string of the molecule is C[C@@H](O)[C@H](NC(=O)[C@H](CCCCN)NC(=O)[C@H](CC(=O)O)NC(=O)[C@H](CO)NC(=O)[C@H](CCCCN)NC(=O)[C@@H]1CCCN1C(=O)[C@H](CCC(=O)O)NC(=O)CN)C(=O)N[C@@H](Cc1c[nH]cn1)C(=O)N[C@H](C(=O)N[C@@H](CO)C(=O)N1CCC[C@H]1C(=O)N1CCC[C@H]1C(=O)N[C@@H](CO)C(=O)N1CCC[C@H]1C(=O)NCC(=O)O)[C@@H](C)O. The second-order valence-electron chi connectivity index (χ2n) is 28.0. The summed E-state index contributed by atoms with van der Waals surface area (Å²) in [6.45, 7) is -2.21. The lowest BCUT2D eigenvalue weighted by Crippen LogP contribution is -2.63. The number of likely N-dealkylation sites (tertiary alicyclic amines) is 4. The van der Waals surface area contributed by atoms with Crippen LogP contribution in [-0.4, -0.2) is 346 Å². The Hall–Kier alpha value is -10.6. The minimum absolute atomic E-state index is 0.00618. The summed E-state index contributed by atoms with van der Waals surface area (Å²) in [6.07, 6.45) is -1.84. The minimum Gasteiger partial charge on any atom is -0.481 e. The van der Waals surface area contributed by atoms with E-state index in [9.17, 15) is 122 Å². The largest absolute Gasteiger partial charge is 0.481 e. The first-order valence-electron chi connectivity index (χ1n) is 37.6. The molecule has 0 radical (unpaired) electrons. The summed E-state index contributed by atoms with van der Waals surface area (Å²) in [4.78, 5) is 254. The molecule has 114 heavy (non-hydrogen) atoms. The van der Waals surface area contributed by atoms with Crippen LogP contribution in [0.5, 0.6) is 0 Å². The number of aromatic amines is 1. The van der Waals surface area contributed by atoms with Gasteiger partial charge in [0.25, 0.3) is 0 Å². The number of aliphatic hydroxyl groups is 5. The van der Waals surface area contributed by atoms with Crippen molar-refractivity contribution < 1.29 is 127 Å². The molecule has 4 aliphatic rings. The Kier molecular flexibility index (Phi) is 38.3. The average molecular weight is 1620 g/mol. The van der Waals surface area contributed by atoms with E-state index in [0.717, 1.165) is 28.5 Å². The summed E-state index contributed by atoms with van der Waals surface area (Å²) in [5.41, 5.74) is 16.9. The molecule has 1 aromatic heterocycles.